The summed E-state index contributed by atoms with van der Waals surface area (Å²) in [4.78, 5) is 1.11. The van der Waals surface area contributed by atoms with E-state index in [2.05, 4.69) is 50.9 Å². The van der Waals surface area contributed by atoms with Crippen molar-refractivity contribution in [1.82, 2.24) is 0 Å². The summed E-state index contributed by atoms with van der Waals surface area (Å²) in [5, 5.41) is 32.9. The highest BCUT2D eigenvalue weighted by molar-refractivity contribution is 7.10. The molecule has 7 atom stereocenters. The second-order valence-corrected chi connectivity index (χ2v) is 12.6. The van der Waals surface area contributed by atoms with Crippen LogP contribution in [0.15, 0.2) is 46.9 Å². The van der Waals surface area contributed by atoms with E-state index in [0.29, 0.717) is 30.1 Å². The zero-order valence-corrected chi connectivity index (χ0v) is 22.1. The highest BCUT2D eigenvalue weighted by Gasteiger charge is 2.50. The molecule has 0 saturated heterocycles. The van der Waals surface area contributed by atoms with E-state index < -0.39 is 12.2 Å². The van der Waals surface area contributed by atoms with Gasteiger partial charge < -0.3 is 15.3 Å². The van der Waals surface area contributed by atoms with Crippen molar-refractivity contribution in [2.45, 2.75) is 103 Å². The van der Waals surface area contributed by atoms with Gasteiger partial charge in [-0.15, -0.1) is 11.3 Å². The number of allylic oxidation sites excluding steroid dienone is 3. The normalized spacial score (nSPS) is 36.1. The van der Waals surface area contributed by atoms with Crippen molar-refractivity contribution in [1.29, 1.82) is 0 Å². The summed E-state index contributed by atoms with van der Waals surface area (Å²) in [6.45, 7) is 11.1. The Morgan fingerprint density at radius 1 is 1.24 bits per heavy atom. The molecule has 0 unspecified atom stereocenters. The minimum Gasteiger partial charge on any atom is -0.393 e. The van der Waals surface area contributed by atoms with E-state index in [9.17, 15) is 15.3 Å². The van der Waals surface area contributed by atoms with Gasteiger partial charge in [0, 0.05) is 11.3 Å². The van der Waals surface area contributed by atoms with E-state index in [1.165, 1.54) is 37.7 Å². The van der Waals surface area contributed by atoms with Crippen molar-refractivity contribution in [3.05, 3.63) is 57.3 Å². The molecular formula is C30H44O3S. The molecule has 3 aliphatic rings. The zero-order chi connectivity index (χ0) is 24.5. The van der Waals surface area contributed by atoms with Crippen LogP contribution in [-0.4, -0.2) is 27.5 Å². The molecular weight excluding hydrogens is 440 g/mol. The van der Waals surface area contributed by atoms with Gasteiger partial charge >= 0.3 is 0 Å². The third-order valence-corrected chi connectivity index (χ3v) is 10.4. The fourth-order valence-corrected chi connectivity index (χ4v) is 8.20. The van der Waals surface area contributed by atoms with Gasteiger partial charge in [-0.25, -0.2) is 0 Å². The summed E-state index contributed by atoms with van der Waals surface area (Å²) in [7, 11) is 0. The Kier molecular flexibility index (Phi) is 8.24. The maximum absolute atomic E-state index is 10.6. The molecule has 1 aromatic rings. The number of rotatable bonds is 7. The fourth-order valence-electron chi connectivity index (χ4n) is 7.28. The topological polar surface area (TPSA) is 60.7 Å². The maximum Gasteiger partial charge on any atom is 0.0882 e. The molecule has 3 N–H and O–H groups in total. The predicted octanol–water partition coefficient (Wildman–Crippen LogP) is 7.04. The molecule has 3 nitrogen and oxygen atoms in total. The summed E-state index contributed by atoms with van der Waals surface area (Å²) in [6.07, 6.45) is 13.4. The lowest BCUT2D eigenvalue weighted by Gasteiger charge is -2.44. The first kappa shape index (κ1) is 25.9. The Labute approximate surface area is 210 Å². The molecule has 0 bridgehead atoms. The number of thiophene rings is 1. The summed E-state index contributed by atoms with van der Waals surface area (Å²) in [5.41, 5.74) is 4.94. The molecule has 3 fully saturated rings. The molecule has 1 aromatic heterocycles. The molecule has 188 valence electrons. The van der Waals surface area contributed by atoms with Crippen molar-refractivity contribution in [3.8, 4) is 0 Å². The molecule has 0 radical (unpaired) electrons. The highest BCUT2D eigenvalue weighted by atomic mass is 32.1. The van der Waals surface area contributed by atoms with Crippen LogP contribution in [-0.2, 0) is 0 Å². The van der Waals surface area contributed by atoms with Gasteiger partial charge in [0.2, 0.25) is 0 Å². The molecule has 34 heavy (non-hydrogen) atoms. The van der Waals surface area contributed by atoms with E-state index >= 15 is 0 Å². The number of fused-ring (bicyclic) bond motifs is 1. The minimum absolute atomic E-state index is 0.318. The number of aliphatic hydroxyl groups excluding tert-OH is 3. The molecule has 0 amide bonds. The fraction of sp³-hybridized carbons (Fsp3) is 0.667. The van der Waals surface area contributed by atoms with Crippen LogP contribution in [0.25, 0.3) is 0 Å². The van der Waals surface area contributed by atoms with E-state index in [4.69, 9.17) is 0 Å². The number of hydrogen-bond acceptors (Lipinski definition) is 4. The Morgan fingerprint density at radius 3 is 2.76 bits per heavy atom. The lowest BCUT2D eigenvalue weighted by atomic mass is 9.60. The number of hydrogen-bond donors (Lipinski definition) is 3. The first-order chi connectivity index (χ1) is 16.2. The van der Waals surface area contributed by atoms with Gasteiger partial charge in [0.1, 0.15) is 0 Å². The van der Waals surface area contributed by atoms with Gasteiger partial charge in [0.05, 0.1) is 18.3 Å². The third-order valence-electron chi connectivity index (χ3n) is 9.21. The minimum atomic E-state index is -0.621. The second kappa shape index (κ2) is 10.8. The van der Waals surface area contributed by atoms with Crippen LogP contribution in [0.1, 0.15) is 94.6 Å². The Bertz CT molecular complexity index is 927. The van der Waals surface area contributed by atoms with Crippen molar-refractivity contribution in [3.63, 3.8) is 0 Å². The maximum atomic E-state index is 10.6. The molecule has 0 spiro atoms. The monoisotopic (exact) mass is 484 g/mol. The van der Waals surface area contributed by atoms with Crippen LogP contribution >= 0.6 is 11.3 Å². The predicted molar refractivity (Wildman–Crippen MR) is 142 cm³/mol. The summed E-state index contributed by atoms with van der Waals surface area (Å²) in [5.74, 6) is 2.05. The highest BCUT2D eigenvalue weighted by Crippen LogP contribution is 2.60. The van der Waals surface area contributed by atoms with Crippen LogP contribution in [0.3, 0.4) is 0 Å². The Hall–Kier alpha value is -1.20. The Balaban J connectivity index is 1.38. The summed E-state index contributed by atoms with van der Waals surface area (Å²) in [6, 6.07) is 2.12. The number of aryl methyl sites for hydroxylation is 1. The molecule has 4 heteroatoms. The van der Waals surface area contributed by atoms with Gasteiger partial charge in [-0.3, -0.25) is 0 Å². The van der Waals surface area contributed by atoms with Crippen molar-refractivity contribution in [2.24, 2.45) is 23.2 Å². The lowest BCUT2D eigenvalue weighted by Crippen LogP contribution is -2.36. The van der Waals surface area contributed by atoms with Gasteiger partial charge in [-0.2, -0.15) is 0 Å². The largest absolute Gasteiger partial charge is 0.393 e. The van der Waals surface area contributed by atoms with Gasteiger partial charge in [0.25, 0.3) is 0 Å². The van der Waals surface area contributed by atoms with Crippen LogP contribution < -0.4 is 0 Å². The third kappa shape index (κ3) is 5.46. The van der Waals surface area contributed by atoms with E-state index in [1.807, 2.05) is 0 Å². The average Bonchev–Trinajstić information content (AvgIpc) is 3.38. The van der Waals surface area contributed by atoms with Gasteiger partial charge in [-0.05, 0) is 103 Å². The molecule has 0 aromatic carbocycles. The molecule has 4 rings (SSSR count). The van der Waals surface area contributed by atoms with Crippen molar-refractivity contribution in [2.75, 3.05) is 0 Å². The lowest BCUT2D eigenvalue weighted by molar-refractivity contribution is 0.0860. The van der Waals surface area contributed by atoms with E-state index in [1.54, 1.807) is 16.9 Å². The second-order valence-electron chi connectivity index (χ2n) is 11.6. The van der Waals surface area contributed by atoms with Gasteiger partial charge in [0.15, 0.2) is 0 Å². The number of aliphatic hydroxyl groups is 3. The van der Waals surface area contributed by atoms with Crippen LogP contribution in [0.2, 0.25) is 0 Å². The first-order valence-corrected chi connectivity index (χ1v) is 14.2. The first-order valence-electron chi connectivity index (χ1n) is 13.4. The van der Waals surface area contributed by atoms with Crippen LogP contribution in [0, 0.1) is 30.1 Å². The van der Waals surface area contributed by atoms with Crippen LogP contribution in [0.4, 0.5) is 0 Å². The molecule has 3 saturated carbocycles. The van der Waals surface area contributed by atoms with Crippen molar-refractivity contribution < 1.29 is 15.3 Å². The quantitative estimate of drug-likeness (QED) is 0.389. The Morgan fingerprint density at radius 2 is 2.03 bits per heavy atom. The molecule has 0 aliphatic heterocycles. The van der Waals surface area contributed by atoms with Crippen molar-refractivity contribution >= 4 is 11.3 Å². The van der Waals surface area contributed by atoms with E-state index in [0.717, 1.165) is 41.2 Å². The zero-order valence-electron chi connectivity index (χ0n) is 21.3. The average molecular weight is 485 g/mol. The molecule has 1 heterocycles. The van der Waals surface area contributed by atoms with E-state index in [-0.39, 0.29) is 6.10 Å². The summed E-state index contributed by atoms with van der Waals surface area (Å²) >= 11 is 1.68. The summed E-state index contributed by atoms with van der Waals surface area (Å²) < 4.78 is 0. The SMILES string of the molecule is C=C1/C(=C\C=C2/CCC[C@]3(C)[C@@H]([C@@H](C)CCC[C@@H](O)c4cc(C)cs4)CC[C@@H]23)C[C@@H](O)C[C@@H]1O. The van der Waals surface area contributed by atoms with Gasteiger partial charge in [-0.1, -0.05) is 51.0 Å². The smallest absolute Gasteiger partial charge is 0.0882 e. The molecule has 3 aliphatic carbocycles. The van der Waals surface area contributed by atoms with Crippen LogP contribution in [0.5, 0.6) is 0 Å². The standard InChI is InChI=1S/C30H44O3S/c1-19-15-29(34-18-19)27(32)9-5-7-20(2)25-12-13-26-22(8-6-14-30(25,26)4)10-11-23-16-24(31)17-28(33)21(23)3/h10-11,15,18,20,24-28,31-33H,3,5-9,12-14,16-17H2,1-2,4H3/b22-10+,23-11-/t20-,24+,25+,26-,27+,28-,30+/m0/s1.